The van der Waals surface area contributed by atoms with E-state index in [4.69, 9.17) is 10.00 Å². The molecule has 1 aromatic rings. The van der Waals surface area contributed by atoms with E-state index in [-0.39, 0.29) is 0 Å². The Hall–Kier alpha value is -1.49. The first-order valence-corrected chi connectivity index (χ1v) is 5.87. The molecule has 2 nitrogen and oxygen atoms in total. The number of hydrogen-bond acceptors (Lipinski definition) is 2. The van der Waals surface area contributed by atoms with Crippen molar-refractivity contribution in [1.29, 1.82) is 5.26 Å². The molecule has 0 aliphatic rings. The van der Waals surface area contributed by atoms with E-state index < -0.39 is 0 Å². The van der Waals surface area contributed by atoms with Crippen molar-refractivity contribution >= 4 is 0 Å². The van der Waals surface area contributed by atoms with Crippen LogP contribution >= 0.6 is 0 Å². The van der Waals surface area contributed by atoms with Gasteiger partial charge in [-0.15, -0.1) is 0 Å². The summed E-state index contributed by atoms with van der Waals surface area (Å²) in [5, 5.41) is 8.51. The average molecular weight is 217 g/mol. The maximum Gasteiger partial charge on any atom is 0.119 e. The standard InChI is InChI=1S/C14H19NO/c1-13(10-11-15)7-5-6-12-16-14-8-3-2-4-9-14/h2-4,8-9,13H,5-7,10,12H2,1H3. The summed E-state index contributed by atoms with van der Waals surface area (Å²) in [5.41, 5.74) is 0. The number of benzene rings is 1. The van der Waals surface area contributed by atoms with E-state index in [1.807, 2.05) is 30.3 Å². The second kappa shape index (κ2) is 7.76. The molecule has 0 amide bonds. The van der Waals surface area contributed by atoms with Gasteiger partial charge in [-0.2, -0.15) is 5.26 Å². The summed E-state index contributed by atoms with van der Waals surface area (Å²) in [5.74, 6) is 1.45. The zero-order valence-corrected chi connectivity index (χ0v) is 9.86. The molecule has 0 aliphatic carbocycles. The normalized spacial score (nSPS) is 11.8. The van der Waals surface area contributed by atoms with Crippen LogP contribution in [0.15, 0.2) is 30.3 Å². The van der Waals surface area contributed by atoms with Gasteiger partial charge in [0, 0.05) is 6.42 Å². The van der Waals surface area contributed by atoms with Crippen LogP contribution in [0.2, 0.25) is 0 Å². The molecule has 0 aliphatic heterocycles. The molecule has 1 rings (SSSR count). The lowest BCUT2D eigenvalue weighted by Crippen LogP contribution is -1.99. The van der Waals surface area contributed by atoms with Crippen molar-refractivity contribution in [2.24, 2.45) is 5.92 Å². The third kappa shape index (κ3) is 5.41. The number of para-hydroxylation sites is 1. The van der Waals surface area contributed by atoms with Crippen molar-refractivity contribution in [2.75, 3.05) is 6.61 Å². The van der Waals surface area contributed by atoms with Crippen molar-refractivity contribution in [3.63, 3.8) is 0 Å². The zero-order chi connectivity index (χ0) is 11.6. The minimum atomic E-state index is 0.515. The zero-order valence-electron chi connectivity index (χ0n) is 9.86. The van der Waals surface area contributed by atoms with E-state index in [2.05, 4.69) is 13.0 Å². The quantitative estimate of drug-likeness (QED) is 0.651. The Labute approximate surface area is 97.9 Å². The molecule has 0 spiro atoms. The number of unbranched alkanes of at least 4 members (excludes halogenated alkanes) is 1. The van der Waals surface area contributed by atoms with Gasteiger partial charge >= 0.3 is 0 Å². The fourth-order valence-corrected chi connectivity index (χ4v) is 1.56. The van der Waals surface area contributed by atoms with Crippen LogP contribution in [0, 0.1) is 17.2 Å². The van der Waals surface area contributed by atoms with Gasteiger partial charge in [0.05, 0.1) is 12.7 Å². The number of nitriles is 1. The van der Waals surface area contributed by atoms with E-state index in [0.29, 0.717) is 12.3 Å². The third-order valence-corrected chi connectivity index (χ3v) is 2.54. The lowest BCUT2D eigenvalue weighted by atomic mass is 10.0. The smallest absolute Gasteiger partial charge is 0.119 e. The van der Waals surface area contributed by atoms with Gasteiger partial charge < -0.3 is 4.74 Å². The Kier molecular flexibility index (Phi) is 6.10. The Morgan fingerprint density at radius 1 is 1.25 bits per heavy atom. The lowest BCUT2D eigenvalue weighted by molar-refractivity contribution is 0.300. The monoisotopic (exact) mass is 217 g/mol. The molecule has 16 heavy (non-hydrogen) atoms. The van der Waals surface area contributed by atoms with Gasteiger partial charge in [-0.05, 0) is 37.3 Å². The fraction of sp³-hybridized carbons (Fsp3) is 0.500. The van der Waals surface area contributed by atoms with Crippen LogP contribution in [-0.2, 0) is 0 Å². The van der Waals surface area contributed by atoms with E-state index >= 15 is 0 Å². The van der Waals surface area contributed by atoms with Gasteiger partial charge in [0.2, 0.25) is 0 Å². The van der Waals surface area contributed by atoms with E-state index in [1.54, 1.807) is 0 Å². The van der Waals surface area contributed by atoms with Gasteiger partial charge in [0.25, 0.3) is 0 Å². The topological polar surface area (TPSA) is 33.0 Å². The minimum Gasteiger partial charge on any atom is -0.494 e. The van der Waals surface area contributed by atoms with Gasteiger partial charge in [-0.1, -0.05) is 25.1 Å². The molecular weight excluding hydrogens is 198 g/mol. The van der Waals surface area contributed by atoms with Crippen LogP contribution in [0.25, 0.3) is 0 Å². The van der Waals surface area contributed by atoms with Crippen molar-refractivity contribution in [3.05, 3.63) is 30.3 Å². The highest BCUT2D eigenvalue weighted by Crippen LogP contribution is 2.12. The predicted molar refractivity (Wildman–Crippen MR) is 65.2 cm³/mol. The van der Waals surface area contributed by atoms with E-state index in [1.165, 1.54) is 0 Å². The molecular formula is C14H19NO. The van der Waals surface area contributed by atoms with Crippen LogP contribution in [0.3, 0.4) is 0 Å². The number of rotatable bonds is 7. The molecule has 0 heterocycles. The van der Waals surface area contributed by atoms with E-state index in [0.717, 1.165) is 31.6 Å². The average Bonchev–Trinajstić information content (AvgIpc) is 2.30. The molecule has 0 saturated heterocycles. The molecule has 2 heteroatoms. The first kappa shape index (κ1) is 12.6. The molecule has 1 unspecified atom stereocenters. The van der Waals surface area contributed by atoms with Crippen molar-refractivity contribution in [2.45, 2.75) is 32.6 Å². The molecule has 86 valence electrons. The number of nitrogens with zero attached hydrogens (tertiary/aromatic N) is 1. The largest absolute Gasteiger partial charge is 0.494 e. The summed E-state index contributed by atoms with van der Waals surface area (Å²) >= 11 is 0. The predicted octanol–water partition coefficient (Wildman–Crippen LogP) is 3.79. The Morgan fingerprint density at radius 2 is 2.00 bits per heavy atom. The second-order valence-corrected chi connectivity index (χ2v) is 4.12. The van der Waals surface area contributed by atoms with Crippen molar-refractivity contribution < 1.29 is 4.74 Å². The summed E-state index contributed by atoms with van der Waals surface area (Å²) in [6.45, 7) is 2.89. The summed E-state index contributed by atoms with van der Waals surface area (Å²) < 4.78 is 5.58. The molecule has 0 radical (unpaired) electrons. The summed E-state index contributed by atoms with van der Waals surface area (Å²) in [7, 11) is 0. The van der Waals surface area contributed by atoms with Gasteiger partial charge in [0.15, 0.2) is 0 Å². The van der Waals surface area contributed by atoms with Crippen molar-refractivity contribution in [3.8, 4) is 11.8 Å². The molecule has 0 bridgehead atoms. The van der Waals surface area contributed by atoms with Crippen LogP contribution in [-0.4, -0.2) is 6.61 Å². The van der Waals surface area contributed by atoms with Gasteiger partial charge in [0.1, 0.15) is 5.75 Å². The Morgan fingerprint density at radius 3 is 2.69 bits per heavy atom. The van der Waals surface area contributed by atoms with Crippen LogP contribution in [0.5, 0.6) is 5.75 Å². The van der Waals surface area contributed by atoms with Gasteiger partial charge in [-0.3, -0.25) is 0 Å². The minimum absolute atomic E-state index is 0.515. The maximum atomic E-state index is 8.51. The van der Waals surface area contributed by atoms with Gasteiger partial charge in [-0.25, -0.2) is 0 Å². The maximum absolute atomic E-state index is 8.51. The second-order valence-electron chi connectivity index (χ2n) is 4.12. The summed E-state index contributed by atoms with van der Waals surface area (Å²) in [6, 6.07) is 12.1. The fourth-order valence-electron chi connectivity index (χ4n) is 1.56. The first-order valence-electron chi connectivity index (χ1n) is 5.87. The first-order chi connectivity index (χ1) is 7.83. The molecule has 0 aromatic heterocycles. The third-order valence-electron chi connectivity index (χ3n) is 2.54. The molecule has 0 saturated carbocycles. The highest BCUT2D eigenvalue weighted by atomic mass is 16.5. The molecule has 0 fully saturated rings. The number of hydrogen-bond donors (Lipinski definition) is 0. The van der Waals surface area contributed by atoms with Crippen LogP contribution in [0.4, 0.5) is 0 Å². The molecule has 0 N–H and O–H groups in total. The number of ether oxygens (including phenoxy) is 1. The lowest BCUT2D eigenvalue weighted by Gasteiger charge is -2.08. The summed E-state index contributed by atoms with van der Waals surface area (Å²) in [4.78, 5) is 0. The van der Waals surface area contributed by atoms with Crippen molar-refractivity contribution in [1.82, 2.24) is 0 Å². The Bertz CT molecular complexity index is 315. The van der Waals surface area contributed by atoms with Crippen LogP contribution < -0.4 is 4.74 Å². The summed E-state index contributed by atoms with van der Waals surface area (Å²) in [6.07, 6.45) is 3.98. The molecule has 1 aromatic carbocycles. The molecule has 1 atom stereocenters. The highest BCUT2D eigenvalue weighted by molar-refractivity contribution is 5.20. The van der Waals surface area contributed by atoms with Crippen LogP contribution in [0.1, 0.15) is 32.6 Å². The Balaban J connectivity index is 2.03. The SMILES string of the molecule is CC(CC#N)CCCCOc1ccccc1. The van der Waals surface area contributed by atoms with E-state index in [9.17, 15) is 0 Å². The highest BCUT2D eigenvalue weighted by Gasteiger charge is 2.00.